The Labute approximate surface area is 222 Å². The van der Waals surface area contributed by atoms with E-state index in [1.807, 2.05) is 85.5 Å². The van der Waals surface area contributed by atoms with Crippen molar-refractivity contribution in [1.29, 1.82) is 0 Å². The third-order valence-corrected chi connectivity index (χ3v) is 6.98. The second-order valence-electron chi connectivity index (χ2n) is 9.42. The molecule has 0 aromatic heterocycles. The molecule has 38 heavy (non-hydrogen) atoms. The van der Waals surface area contributed by atoms with Gasteiger partial charge in [0.1, 0.15) is 11.9 Å². The molecular formula is C32H30N2O4. The molecule has 0 N–H and O–H groups in total. The second kappa shape index (κ2) is 10.4. The van der Waals surface area contributed by atoms with E-state index >= 15 is 0 Å². The van der Waals surface area contributed by atoms with Crippen LogP contribution in [0.4, 0.5) is 11.4 Å². The zero-order valence-electron chi connectivity index (χ0n) is 22.0. The normalized spacial score (nSPS) is 15.5. The van der Waals surface area contributed by atoms with E-state index in [2.05, 4.69) is 29.2 Å². The number of anilines is 2. The van der Waals surface area contributed by atoms with Crippen molar-refractivity contribution in [3.63, 3.8) is 0 Å². The topological polar surface area (TPSA) is 59.1 Å². The molecule has 4 aromatic carbocycles. The summed E-state index contributed by atoms with van der Waals surface area (Å²) in [6, 6.07) is 30.4. The smallest absolute Gasteiger partial charge is 0.355 e. The van der Waals surface area contributed by atoms with Crippen LogP contribution in [0.1, 0.15) is 22.9 Å². The Hall–Kier alpha value is -4.58. The number of carbonyl (C=O) groups is 2. The van der Waals surface area contributed by atoms with Crippen LogP contribution in [0.5, 0.6) is 0 Å². The number of ether oxygens (including phenoxy) is 2. The van der Waals surface area contributed by atoms with Gasteiger partial charge in [-0.3, -0.25) is 0 Å². The molecule has 1 heterocycles. The van der Waals surface area contributed by atoms with Crippen molar-refractivity contribution >= 4 is 34.1 Å². The monoisotopic (exact) mass is 506 g/mol. The summed E-state index contributed by atoms with van der Waals surface area (Å²) in [5.41, 5.74) is 5.28. The van der Waals surface area contributed by atoms with Crippen LogP contribution >= 0.6 is 0 Å². The van der Waals surface area contributed by atoms with Crippen LogP contribution in [0.15, 0.2) is 102 Å². The maximum atomic E-state index is 13.4. The molecule has 0 amide bonds. The minimum absolute atomic E-state index is 0.163. The third kappa shape index (κ3) is 4.50. The number of methoxy groups -OCH3 is 2. The van der Waals surface area contributed by atoms with Crippen LogP contribution in [-0.2, 0) is 19.1 Å². The van der Waals surface area contributed by atoms with Crippen molar-refractivity contribution < 1.29 is 19.1 Å². The lowest BCUT2D eigenvalue weighted by molar-refractivity contribution is -0.139. The number of nitrogens with zero attached hydrogens (tertiary/aromatic N) is 2. The summed E-state index contributed by atoms with van der Waals surface area (Å²) < 4.78 is 10.4. The van der Waals surface area contributed by atoms with E-state index in [-0.39, 0.29) is 17.8 Å². The van der Waals surface area contributed by atoms with Gasteiger partial charge < -0.3 is 19.3 Å². The van der Waals surface area contributed by atoms with E-state index in [4.69, 9.17) is 9.47 Å². The van der Waals surface area contributed by atoms with E-state index in [0.717, 1.165) is 38.8 Å². The molecule has 4 aromatic rings. The van der Waals surface area contributed by atoms with Crippen LogP contribution in [-0.4, -0.2) is 32.7 Å². The zero-order chi connectivity index (χ0) is 26.8. The van der Waals surface area contributed by atoms with Crippen molar-refractivity contribution in [2.24, 2.45) is 0 Å². The quantitative estimate of drug-likeness (QED) is 0.306. The summed E-state index contributed by atoms with van der Waals surface area (Å²) in [5.74, 6) is -1.17. The van der Waals surface area contributed by atoms with Gasteiger partial charge in [0, 0.05) is 16.9 Å². The summed E-state index contributed by atoms with van der Waals surface area (Å²) in [5, 5.41) is 2.14. The van der Waals surface area contributed by atoms with E-state index in [0.29, 0.717) is 0 Å². The number of hydrogen-bond acceptors (Lipinski definition) is 6. The fraction of sp³-hybridized carbons (Fsp3) is 0.188. The maximum absolute atomic E-state index is 13.4. The van der Waals surface area contributed by atoms with Crippen molar-refractivity contribution in [3.8, 4) is 0 Å². The largest absolute Gasteiger partial charge is 0.466 e. The van der Waals surface area contributed by atoms with Gasteiger partial charge in [0.15, 0.2) is 0 Å². The number of fused-ring (bicyclic) bond motifs is 1. The Balaban J connectivity index is 1.87. The molecule has 5 rings (SSSR count). The van der Waals surface area contributed by atoms with Gasteiger partial charge in [0.2, 0.25) is 0 Å². The van der Waals surface area contributed by atoms with Gasteiger partial charge in [-0.25, -0.2) is 9.59 Å². The Bertz CT molecular complexity index is 1520. The number of rotatable bonds is 5. The summed E-state index contributed by atoms with van der Waals surface area (Å²) in [6.07, 6.45) is -0.464. The van der Waals surface area contributed by atoms with Crippen LogP contribution in [0.25, 0.3) is 10.8 Å². The molecule has 1 atom stereocenters. The van der Waals surface area contributed by atoms with E-state index in [1.165, 1.54) is 14.2 Å². The maximum Gasteiger partial charge on any atom is 0.355 e. The van der Waals surface area contributed by atoms with E-state index < -0.39 is 18.1 Å². The van der Waals surface area contributed by atoms with Gasteiger partial charge in [0.25, 0.3) is 0 Å². The van der Waals surface area contributed by atoms with Gasteiger partial charge in [0.05, 0.1) is 26.3 Å². The number of esters is 2. The summed E-state index contributed by atoms with van der Waals surface area (Å²) in [4.78, 5) is 30.6. The first-order valence-electron chi connectivity index (χ1n) is 12.5. The highest BCUT2D eigenvalue weighted by molar-refractivity contribution is 6.05. The van der Waals surface area contributed by atoms with Crippen LogP contribution in [0.2, 0.25) is 0 Å². The molecule has 192 valence electrons. The Kier molecular flexibility index (Phi) is 6.88. The molecular weight excluding hydrogens is 476 g/mol. The lowest BCUT2D eigenvalue weighted by atomic mass is 9.95. The first-order chi connectivity index (χ1) is 18.4. The van der Waals surface area contributed by atoms with E-state index in [1.54, 1.807) is 0 Å². The Morgan fingerprint density at radius 3 is 1.92 bits per heavy atom. The lowest BCUT2D eigenvalue weighted by Gasteiger charge is -2.47. The molecule has 0 saturated heterocycles. The highest BCUT2D eigenvalue weighted by atomic mass is 16.5. The first-order valence-corrected chi connectivity index (χ1v) is 12.5. The van der Waals surface area contributed by atoms with Gasteiger partial charge in [-0.1, -0.05) is 77.9 Å². The summed E-state index contributed by atoms with van der Waals surface area (Å²) >= 11 is 0. The average Bonchev–Trinajstić information content (AvgIpc) is 2.96. The number of carbonyl (C=O) groups excluding carboxylic acids is 2. The van der Waals surface area contributed by atoms with Crippen molar-refractivity contribution in [2.75, 3.05) is 30.6 Å². The fourth-order valence-corrected chi connectivity index (χ4v) is 5.07. The lowest BCUT2D eigenvalue weighted by Crippen LogP contribution is -2.50. The molecule has 0 fully saturated rings. The molecule has 1 aliphatic heterocycles. The highest BCUT2D eigenvalue weighted by Gasteiger charge is 2.42. The number of aryl methyl sites for hydroxylation is 2. The molecule has 0 aliphatic carbocycles. The molecule has 1 unspecified atom stereocenters. The molecule has 0 bridgehead atoms. The Morgan fingerprint density at radius 2 is 1.29 bits per heavy atom. The minimum atomic E-state index is -0.597. The van der Waals surface area contributed by atoms with Crippen LogP contribution < -0.4 is 9.80 Å². The van der Waals surface area contributed by atoms with Crippen molar-refractivity contribution in [3.05, 3.63) is 119 Å². The molecule has 0 radical (unpaired) electrons. The first kappa shape index (κ1) is 25.1. The standard InChI is InChI=1S/C32H30N2O4/c1-21-12-16-24(17-13-21)33-20-28(31(35)37-3)29(32(36)38-4)34(25-18-14-22(2)15-19-25)30(33)27-11-7-9-23-8-5-6-10-26(23)27/h5-19,30H,20H2,1-4H3. The minimum Gasteiger partial charge on any atom is -0.466 e. The van der Waals surface area contributed by atoms with Crippen molar-refractivity contribution in [1.82, 2.24) is 0 Å². The molecule has 6 nitrogen and oxygen atoms in total. The SMILES string of the molecule is COC(=O)C1=C(C(=O)OC)N(c2ccc(C)cc2)C(c2cccc3ccccc23)N(c2ccc(C)cc2)C1. The predicted molar refractivity (Wildman–Crippen MR) is 150 cm³/mol. The predicted octanol–water partition coefficient (Wildman–Crippen LogP) is 6.08. The van der Waals surface area contributed by atoms with Crippen molar-refractivity contribution in [2.45, 2.75) is 20.0 Å². The zero-order valence-corrected chi connectivity index (χ0v) is 22.0. The number of benzene rings is 4. The molecule has 1 aliphatic rings. The molecule has 0 saturated carbocycles. The Morgan fingerprint density at radius 1 is 0.711 bits per heavy atom. The van der Waals surface area contributed by atoms with Gasteiger partial charge in [-0.2, -0.15) is 0 Å². The fourth-order valence-electron chi connectivity index (χ4n) is 5.07. The second-order valence-corrected chi connectivity index (χ2v) is 9.42. The third-order valence-electron chi connectivity index (χ3n) is 6.98. The average molecular weight is 507 g/mol. The molecule has 0 spiro atoms. The highest BCUT2D eigenvalue weighted by Crippen LogP contribution is 2.43. The molecule has 6 heteroatoms. The van der Waals surface area contributed by atoms with Gasteiger partial charge >= 0.3 is 11.9 Å². The number of hydrogen-bond donors (Lipinski definition) is 0. The van der Waals surface area contributed by atoms with Gasteiger partial charge in [-0.05, 0) is 48.9 Å². The van der Waals surface area contributed by atoms with E-state index in [9.17, 15) is 9.59 Å². The summed E-state index contributed by atoms with van der Waals surface area (Å²) in [7, 11) is 2.66. The van der Waals surface area contributed by atoms with Crippen LogP contribution in [0, 0.1) is 13.8 Å². The van der Waals surface area contributed by atoms with Gasteiger partial charge in [-0.15, -0.1) is 0 Å². The van der Waals surface area contributed by atoms with Crippen LogP contribution in [0.3, 0.4) is 0 Å². The summed E-state index contributed by atoms with van der Waals surface area (Å²) in [6.45, 7) is 4.21.